The molecule has 2 aromatic heterocycles. The summed E-state index contributed by atoms with van der Waals surface area (Å²) in [4.78, 5) is 18.5. The molecule has 1 aromatic carbocycles. The van der Waals surface area contributed by atoms with E-state index in [1.165, 1.54) is 28.6 Å². The van der Waals surface area contributed by atoms with Crippen LogP contribution < -0.4 is 5.73 Å². The Morgan fingerprint density at radius 3 is 2.53 bits per heavy atom. The van der Waals surface area contributed by atoms with Gasteiger partial charge in [0.1, 0.15) is 5.37 Å². The SMILES string of the molecule is CC1=C(C(N)=O)SC(c2nnnn2Cc2ccc(C(F)(F)F)cc2)N1Cc1cccnc1. The summed E-state index contributed by atoms with van der Waals surface area (Å²) >= 11 is 1.24. The third-order valence-electron chi connectivity index (χ3n) is 4.97. The van der Waals surface area contributed by atoms with E-state index in [0.717, 1.165) is 17.7 Å². The predicted molar refractivity (Wildman–Crippen MR) is 110 cm³/mol. The van der Waals surface area contributed by atoms with Crippen LogP contribution in [0.1, 0.15) is 34.8 Å². The Balaban J connectivity index is 1.61. The molecule has 0 spiro atoms. The van der Waals surface area contributed by atoms with Gasteiger partial charge in [0.05, 0.1) is 17.0 Å². The van der Waals surface area contributed by atoms with Gasteiger partial charge in [-0.05, 0) is 46.7 Å². The van der Waals surface area contributed by atoms with E-state index in [1.54, 1.807) is 19.3 Å². The quantitative estimate of drug-likeness (QED) is 0.602. The Morgan fingerprint density at radius 1 is 1.16 bits per heavy atom. The van der Waals surface area contributed by atoms with Crippen molar-refractivity contribution >= 4 is 17.7 Å². The van der Waals surface area contributed by atoms with E-state index in [9.17, 15) is 18.0 Å². The number of thioether (sulfide) groups is 1. The first-order valence-electron chi connectivity index (χ1n) is 9.49. The first-order valence-corrected chi connectivity index (χ1v) is 10.4. The fourth-order valence-electron chi connectivity index (χ4n) is 3.36. The zero-order valence-corrected chi connectivity index (χ0v) is 17.6. The number of carbonyl (C=O) groups is 1. The molecule has 1 unspecified atom stereocenters. The normalized spacial score (nSPS) is 16.6. The van der Waals surface area contributed by atoms with Crippen molar-refractivity contribution in [3.05, 3.63) is 81.9 Å². The minimum atomic E-state index is -4.40. The van der Waals surface area contributed by atoms with Gasteiger partial charge >= 0.3 is 6.18 Å². The molecular weight excluding hydrogens is 443 g/mol. The molecule has 8 nitrogen and oxygen atoms in total. The lowest BCUT2D eigenvalue weighted by atomic mass is 10.1. The van der Waals surface area contributed by atoms with Crippen LogP contribution >= 0.6 is 11.8 Å². The van der Waals surface area contributed by atoms with Gasteiger partial charge in [-0.3, -0.25) is 9.78 Å². The maximum absolute atomic E-state index is 12.8. The van der Waals surface area contributed by atoms with Crippen LogP contribution in [-0.4, -0.2) is 36.0 Å². The van der Waals surface area contributed by atoms with E-state index in [0.29, 0.717) is 28.5 Å². The summed E-state index contributed by atoms with van der Waals surface area (Å²) in [6.07, 6.45) is -1.01. The molecule has 3 heterocycles. The van der Waals surface area contributed by atoms with E-state index in [4.69, 9.17) is 5.73 Å². The molecule has 1 aliphatic rings. The van der Waals surface area contributed by atoms with Crippen LogP contribution in [0, 0.1) is 0 Å². The number of tetrazole rings is 1. The van der Waals surface area contributed by atoms with Crippen molar-refractivity contribution in [3.8, 4) is 0 Å². The maximum atomic E-state index is 12.8. The summed E-state index contributed by atoms with van der Waals surface area (Å²) < 4.78 is 40.0. The molecular formula is C20H18F3N7OS. The predicted octanol–water partition coefficient (Wildman–Crippen LogP) is 3.10. The molecule has 0 bridgehead atoms. The van der Waals surface area contributed by atoms with Crippen molar-refractivity contribution in [2.24, 2.45) is 5.73 Å². The van der Waals surface area contributed by atoms with E-state index >= 15 is 0 Å². The third-order valence-corrected chi connectivity index (χ3v) is 6.39. The van der Waals surface area contributed by atoms with Gasteiger partial charge in [-0.1, -0.05) is 30.0 Å². The van der Waals surface area contributed by atoms with Gasteiger partial charge < -0.3 is 10.6 Å². The summed E-state index contributed by atoms with van der Waals surface area (Å²) in [6.45, 7) is 2.41. The number of hydrogen-bond donors (Lipinski definition) is 1. The Kier molecular flexibility index (Phi) is 5.87. The number of halogens is 3. The number of benzene rings is 1. The highest BCUT2D eigenvalue weighted by atomic mass is 32.2. The summed E-state index contributed by atoms with van der Waals surface area (Å²) in [5, 5.41) is 11.5. The zero-order chi connectivity index (χ0) is 22.9. The van der Waals surface area contributed by atoms with Crippen LogP contribution in [0.3, 0.4) is 0 Å². The van der Waals surface area contributed by atoms with Gasteiger partial charge in [-0.15, -0.1) is 5.10 Å². The minimum absolute atomic E-state index is 0.170. The Labute approximate surface area is 185 Å². The lowest BCUT2D eigenvalue weighted by Crippen LogP contribution is -2.24. The average molecular weight is 461 g/mol. The number of allylic oxidation sites excluding steroid dienone is 1. The lowest BCUT2D eigenvalue weighted by Gasteiger charge is -2.26. The number of alkyl halides is 3. The smallest absolute Gasteiger partial charge is 0.365 e. The molecule has 0 saturated carbocycles. The van der Waals surface area contributed by atoms with Crippen LogP contribution in [0.15, 0.2) is 59.4 Å². The minimum Gasteiger partial charge on any atom is -0.365 e. The van der Waals surface area contributed by atoms with Gasteiger partial charge in [-0.25, -0.2) is 4.68 Å². The van der Waals surface area contributed by atoms with Crippen LogP contribution in [0.2, 0.25) is 0 Å². The van der Waals surface area contributed by atoms with E-state index in [1.807, 2.05) is 17.0 Å². The third kappa shape index (κ3) is 4.44. The summed E-state index contributed by atoms with van der Waals surface area (Å²) in [7, 11) is 0. The van der Waals surface area contributed by atoms with Crippen molar-refractivity contribution in [3.63, 3.8) is 0 Å². The first kappa shape index (κ1) is 21.8. The van der Waals surface area contributed by atoms with Crippen LogP contribution in [-0.2, 0) is 24.1 Å². The molecule has 1 atom stereocenters. The maximum Gasteiger partial charge on any atom is 0.416 e. The molecule has 166 valence electrons. The van der Waals surface area contributed by atoms with Crippen molar-refractivity contribution < 1.29 is 18.0 Å². The average Bonchev–Trinajstić information content (AvgIpc) is 3.33. The number of carbonyl (C=O) groups excluding carboxylic acids is 1. The number of primary amides is 1. The fraction of sp³-hybridized carbons (Fsp3) is 0.250. The Bertz CT molecular complexity index is 1150. The van der Waals surface area contributed by atoms with Crippen molar-refractivity contribution in [2.45, 2.75) is 31.6 Å². The monoisotopic (exact) mass is 461 g/mol. The number of rotatable bonds is 6. The largest absolute Gasteiger partial charge is 0.416 e. The highest BCUT2D eigenvalue weighted by Crippen LogP contribution is 2.47. The van der Waals surface area contributed by atoms with Crippen molar-refractivity contribution in [2.75, 3.05) is 0 Å². The molecule has 12 heteroatoms. The van der Waals surface area contributed by atoms with Crippen LogP contribution in [0.5, 0.6) is 0 Å². The van der Waals surface area contributed by atoms with Crippen molar-refractivity contribution in [1.82, 2.24) is 30.1 Å². The van der Waals surface area contributed by atoms with Gasteiger partial charge in [0, 0.05) is 24.6 Å². The molecule has 0 radical (unpaired) electrons. The second-order valence-corrected chi connectivity index (χ2v) is 8.22. The zero-order valence-electron chi connectivity index (χ0n) is 16.8. The van der Waals surface area contributed by atoms with Gasteiger partial charge in [0.25, 0.3) is 5.91 Å². The molecule has 0 saturated heterocycles. The van der Waals surface area contributed by atoms with Gasteiger partial charge in [0.15, 0.2) is 5.82 Å². The number of aromatic nitrogens is 5. The number of pyridine rings is 1. The second-order valence-electron chi connectivity index (χ2n) is 7.13. The Hall–Kier alpha value is -3.41. The van der Waals surface area contributed by atoms with E-state index in [2.05, 4.69) is 20.5 Å². The first-order chi connectivity index (χ1) is 15.2. The number of nitrogens with two attached hydrogens (primary N) is 1. The number of amides is 1. The standard InChI is InChI=1S/C20H18F3N7OS/c1-12-16(17(24)31)32-19(29(12)10-14-3-2-8-25-9-14)18-26-27-28-30(18)11-13-4-6-15(7-5-13)20(21,22)23/h2-9,19H,10-11H2,1H3,(H2,24,31). The molecule has 1 amide bonds. The number of nitrogens with zero attached hydrogens (tertiary/aromatic N) is 6. The second kappa shape index (κ2) is 8.61. The molecule has 0 fully saturated rings. The number of hydrogen-bond acceptors (Lipinski definition) is 7. The molecule has 4 rings (SSSR count). The molecule has 0 aliphatic carbocycles. The van der Waals surface area contributed by atoms with E-state index in [-0.39, 0.29) is 6.54 Å². The van der Waals surface area contributed by atoms with Gasteiger partial charge in [-0.2, -0.15) is 13.2 Å². The van der Waals surface area contributed by atoms with Crippen LogP contribution in [0.4, 0.5) is 13.2 Å². The highest BCUT2D eigenvalue weighted by molar-refractivity contribution is 8.04. The summed E-state index contributed by atoms with van der Waals surface area (Å²) in [5.41, 5.74) is 7.06. The molecule has 32 heavy (non-hydrogen) atoms. The van der Waals surface area contributed by atoms with Crippen LogP contribution in [0.25, 0.3) is 0 Å². The lowest BCUT2D eigenvalue weighted by molar-refractivity contribution is -0.137. The molecule has 2 N–H and O–H groups in total. The van der Waals surface area contributed by atoms with Crippen molar-refractivity contribution in [1.29, 1.82) is 0 Å². The highest BCUT2D eigenvalue weighted by Gasteiger charge is 2.37. The fourth-order valence-corrected chi connectivity index (χ4v) is 4.62. The topological polar surface area (TPSA) is 103 Å². The Morgan fingerprint density at radius 2 is 1.91 bits per heavy atom. The molecule has 3 aromatic rings. The van der Waals surface area contributed by atoms with Gasteiger partial charge in [0.2, 0.25) is 0 Å². The molecule has 1 aliphatic heterocycles. The summed E-state index contributed by atoms with van der Waals surface area (Å²) in [5.74, 6) is -0.0951. The van der Waals surface area contributed by atoms with E-state index < -0.39 is 23.0 Å². The summed E-state index contributed by atoms with van der Waals surface area (Å²) in [6, 6.07) is 8.56.